The normalized spacial score (nSPS) is 18.0. The predicted octanol–water partition coefficient (Wildman–Crippen LogP) is 4.94. The number of rotatable bonds is 4. The molecule has 1 aliphatic heterocycles. The number of aromatic nitrogens is 2. The van der Waals surface area contributed by atoms with Gasteiger partial charge in [-0.05, 0) is 19.3 Å². The summed E-state index contributed by atoms with van der Waals surface area (Å²) >= 11 is 0. The van der Waals surface area contributed by atoms with Crippen LogP contribution in [0.25, 0.3) is 11.0 Å². The highest BCUT2D eigenvalue weighted by Crippen LogP contribution is 2.56. The molecular formula is C18H17F6N3O2. The van der Waals surface area contributed by atoms with Crippen LogP contribution in [-0.4, -0.2) is 28.2 Å². The van der Waals surface area contributed by atoms with Gasteiger partial charge in [0, 0.05) is 18.6 Å². The topological polar surface area (TPSA) is 47.4 Å². The van der Waals surface area contributed by atoms with E-state index in [4.69, 9.17) is 0 Å². The molecule has 0 radical (unpaired) electrons. The van der Waals surface area contributed by atoms with Crippen molar-refractivity contribution in [2.75, 3.05) is 4.90 Å². The van der Waals surface area contributed by atoms with Crippen LogP contribution in [0.5, 0.6) is 5.75 Å². The zero-order valence-corrected chi connectivity index (χ0v) is 15.5. The van der Waals surface area contributed by atoms with E-state index in [0.717, 1.165) is 19.9 Å². The van der Waals surface area contributed by atoms with Gasteiger partial charge in [-0.15, -0.1) is 0 Å². The Hall–Kier alpha value is -2.46. The van der Waals surface area contributed by atoms with Crippen molar-refractivity contribution in [1.29, 1.82) is 0 Å². The first kappa shape index (κ1) is 19.8. The van der Waals surface area contributed by atoms with Gasteiger partial charge < -0.3 is 4.74 Å². The van der Waals surface area contributed by atoms with Crippen molar-refractivity contribution >= 4 is 22.9 Å². The molecule has 0 unspecified atom stereocenters. The number of hydrogen-bond acceptors (Lipinski definition) is 3. The van der Waals surface area contributed by atoms with Crippen LogP contribution >= 0.6 is 0 Å². The van der Waals surface area contributed by atoms with Crippen molar-refractivity contribution in [3.8, 4) is 5.75 Å². The Morgan fingerprint density at radius 1 is 1.28 bits per heavy atom. The lowest BCUT2D eigenvalue weighted by Gasteiger charge is -2.58. The summed E-state index contributed by atoms with van der Waals surface area (Å²) in [7, 11) is 0. The van der Waals surface area contributed by atoms with Crippen molar-refractivity contribution in [2.45, 2.75) is 58.0 Å². The fourth-order valence-corrected chi connectivity index (χ4v) is 3.91. The fraction of sp³-hybridized carbons (Fsp3) is 0.556. The van der Waals surface area contributed by atoms with Crippen LogP contribution in [0.15, 0.2) is 12.1 Å². The molecule has 1 aliphatic carbocycles. The molecule has 1 spiro atoms. The Labute approximate surface area is 161 Å². The van der Waals surface area contributed by atoms with Crippen molar-refractivity contribution in [2.24, 2.45) is 5.41 Å². The second-order valence-electron chi connectivity index (χ2n) is 8.02. The van der Waals surface area contributed by atoms with Gasteiger partial charge in [-0.2, -0.15) is 22.0 Å². The standard InChI is InChI=1S/C18H17F6N3O2/c1-16(2,18(22,23)24)8-12(28)27-15-25-13-10(19)6-9(29-14(20)21)7-11(13)26(15)17(27)4-3-5-17/h6-7,14H,3-5,8H2,1-2H3. The minimum absolute atomic E-state index is 0.00997. The van der Waals surface area contributed by atoms with E-state index in [0.29, 0.717) is 19.3 Å². The van der Waals surface area contributed by atoms with E-state index in [2.05, 4.69) is 9.72 Å². The highest BCUT2D eigenvalue weighted by Gasteiger charge is 2.60. The molecule has 2 aromatic rings. The van der Waals surface area contributed by atoms with Gasteiger partial charge in [0.25, 0.3) is 0 Å². The number of hydrogen-bond donors (Lipinski definition) is 0. The lowest BCUT2D eigenvalue weighted by molar-refractivity contribution is -0.214. The van der Waals surface area contributed by atoms with Crippen LogP contribution in [-0.2, 0) is 10.5 Å². The van der Waals surface area contributed by atoms with Gasteiger partial charge in [0.2, 0.25) is 11.9 Å². The maximum atomic E-state index is 14.4. The van der Waals surface area contributed by atoms with Gasteiger partial charge in [0.15, 0.2) is 5.82 Å². The number of ether oxygens (including phenoxy) is 1. The van der Waals surface area contributed by atoms with E-state index in [9.17, 15) is 31.1 Å². The molecule has 5 nitrogen and oxygen atoms in total. The van der Waals surface area contributed by atoms with E-state index in [1.54, 1.807) is 0 Å². The average Bonchev–Trinajstić information content (AvgIpc) is 2.79. The molecule has 1 amide bonds. The second-order valence-corrected chi connectivity index (χ2v) is 8.02. The Bertz CT molecular complexity index is 994. The number of alkyl halides is 5. The lowest BCUT2D eigenvalue weighted by Crippen LogP contribution is -2.66. The van der Waals surface area contributed by atoms with E-state index < -0.39 is 47.8 Å². The average molecular weight is 421 g/mol. The van der Waals surface area contributed by atoms with Crippen molar-refractivity contribution < 1.29 is 35.9 Å². The van der Waals surface area contributed by atoms with Gasteiger partial charge in [-0.1, -0.05) is 13.8 Å². The molecule has 1 aromatic heterocycles. The summed E-state index contributed by atoms with van der Waals surface area (Å²) in [6.07, 6.45) is -3.75. The van der Waals surface area contributed by atoms with Crippen LogP contribution in [0.3, 0.4) is 0 Å². The number of amides is 1. The number of fused-ring (bicyclic) bond motifs is 4. The van der Waals surface area contributed by atoms with Crippen molar-refractivity contribution in [3.05, 3.63) is 17.9 Å². The third kappa shape index (κ3) is 2.77. The summed E-state index contributed by atoms with van der Waals surface area (Å²) in [4.78, 5) is 18.0. The van der Waals surface area contributed by atoms with E-state index >= 15 is 0 Å². The zero-order chi connectivity index (χ0) is 21.4. The molecule has 1 saturated carbocycles. The predicted molar refractivity (Wildman–Crippen MR) is 90.1 cm³/mol. The molecule has 1 fully saturated rings. The lowest BCUT2D eigenvalue weighted by atomic mass is 9.78. The van der Waals surface area contributed by atoms with Crippen LogP contribution in [0.2, 0.25) is 0 Å². The third-order valence-electron chi connectivity index (χ3n) is 5.69. The number of anilines is 1. The Kier molecular flexibility index (Phi) is 4.12. The highest BCUT2D eigenvalue weighted by atomic mass is 19.4. The molecule has 0 bridgehead atoms. The number of carbonyl (C=O) groups is 1. The molecule has 1 aromatic carbocycles. The SMILES string of the molecule is CC(C)(CC(=O)N1c2nc3c(F)cc(OC(F)F)cc3n2C12CCC2)C(F)(F)F. The Morgan fingerprint density at radius 2 is 1.93 bits per heavy atom. The number of carbonyl (C=O) groups excluding carboxylic acids is 1. The summed E-state index contributed by atoms with van der Waals surface area (Å²) < 4.78 is 84.9. The number of nitrogens with zero attached hydrogens (tertiary/aromatic N) is 3. The molecule has 0 saturated heterocycles. The van der Waals surface area contributed by atoms with Crippen LogP contribution in [0, 0.1) is 11.2 Å². The first-order valence-corrected chi connectivity index (χ1v) is 8.94. The maximum absolute atomic E-state index is 14.4. The molecule has 158 valence electrons. The highest BCUT2D eigenvalue weighted by molar-refractivity contribution is 5.99. The summed E-state index contributed by atoms with van der Waals surface area (Å²) in [5, 5.41) is 0. The number of halogens is 6. The first-order chi connectivity index (χ1) is 13.4. The summed E-state index contributed by atoms with van der Waals surface area (Å²) in [5.74, 6) is -2.07. The van der Waals surface area contributed by atoms with Crippen molar-refractivity contribution in [1.82, 2.24) is 9.55 Å². The van der Waals surface area contributed by atoms with Crippen LogP contribution < -0.4 is 9.64 Å². The quantitative estimate of drug-likeness (QED) is 0.658. The van der Waals surface area contributed by atoms with Gasteiger partial charge in [0.05, 0.1) is 10.9 Å². The molecule has 2 aliphatic rings. The zero-order valence-electron chi connectivity index (χ0n) is 15.5. The molecule has 2 heterocycles. The molecule has 11 heteroatoms. The van der Waals surface area contributed by atoms with E-state index in [1.165, 1.54) is 15.5 Å². The van der Waals surface area contributed by atoms with E-state index in [1.807, 2.05) is 0 Å². The maximum Gasteiger partial charge on any atom is 0.394 e. The summed E-state index contributed by atoms with van der Waals surface area (Å²) in [6, 6.07) is 1.95. The largest absolute Gasteiger partial charge is 0.435 e. The molecule has 4 rings (SSSR count). The smallest absolute Gasteiger partial charge is 0.394 e. The fourth-order valence-electron chi connectivity index (χ4n) is 3.91. The monoisotopic (exact) mass is 421 g/mol. The molecule has 0 atom stereocenters. The third-order valence-corrected chi connectivity index (χ3v) is 5.69. The first-order valence-electron chi connectivity index (χ1n) is 8.94. The summed E-state index contributed by atoms with van der Waals surface area (Å²) in [6.45, 7) is -1.27. The number of benzene rings is 1. The number of imidazole rings is 1. The minimum atomic E-state index is -4.58. The molecular weight excluding hydrogens is 404 g/mol. The van der Waals surface area contributed by atoms with Gasteiger partial charge in [-0.25, -0.2) is 9.37 Å². The van der Waals surface area contributed by atoms with Crippen molar-refractivity contribution in [3.63, 3.8) is 0 Å². The van der Waals surface area contributed by atoms with Gasteiger partial charge >= 0.3 is 12.8 Å². The van der Waals surface area contributed by atoms with Gasteiger partial charge in [0.1, 0.15) is 16.9 Å². The second kappa shape index (κ2) is 6.02. The Balaban J connectivity index is 1.75. The van der Waals surface area contributed by atoms with Crippen LogP contribution in [0.4, 0.5) is 32.3 Å². The van der Waals surface area contributed by atoms with Crippen LogP contribution in [0.1, 0.15) is 39.5 Å². The van der Waals surface area contributed by atoms with Gasteiger partial charge in [-0.3, -0.25) is 14.3 Å². The molecule has 29 heavy (non-hydrogen) atoms. The summed E-state index contributed by atoms with van der Waals surface area (Å²) in [5.41, 5.74) is -3.18. The van der Waals surface area contributed by atoms with E-state index in [-0.39, 0.29) is 17.0 Å². The molecule has 0 N–H and O–H groups in total. The minimum Gasteiger partial charge on any atom is -0.435 e. The Morgan fingerprint density at radius 3 is 2.45 bits per heavy atom.